The molecule has 0 fully saturated rings. The molecule has 0 aliphatic carbocycles. The summed E-state index contributed by atoms with van der Waals surface area (Å²) in [5.41, 5.74) is -4.50. The molecule has 12 heteroatoms. The smallest absolute Gasteiger partial charge is 0.259 e. The van der Waals surface area contributed by atoms with Crippen molar-refractivity contribution in [2.24, 2.45) is 0 Å². The van der Waals surface area contributed by atoms with Crippen LogP contribution in [0.4, 0.5) is 0 Å². The molecule has 0 saturated heterocycles. The molecule has 0 spiro atoms. The van der Waals surface area contributed by atoms with Crippen LogP contribution in [0.1, 0.15) is 11.1 Å². The van der Waals surface area contributed by atoms with E-state index >= 15 is 0 Å². The molecule has 0 aliphatic heterocycles. The predicted molar refractivity (Wildman–Crippen MR) is 88.5 cm³/mol. The van der Waals surface area contributed by atoms with Crippen molar-refractivity contribution in [2.75, 3.05) is 0 Å². The van der Waals surface area contributed by atoms with E-state index in [1.807, 2.05) is 19.9 Å². The Balaban J connectivity index is 2.06. The van der Waals surface area contributed by atoms with Gasteiger partial charge in [0.2, 0.25) is 0 Å². The first-order valence-corrected chi connectivity index (χ1v) is 7.29. The lowest BCUT2D eigenvalue weighted by molar-refractivity contribution is 0.626. The Kier molecular flexibility index (Phi) is 4.22. The quantitative estimate of drug-likeness (QED) is 0.382. The van der Waals surface area contributed by atoms with Gasteiger partial charge in [-0.3, -0.25) is 19.9 Å². The average molecular weight is 360 g/mol. The maximum Gasteiger partial charge on any atom is 0.333 e. The van der Waals surface area contributed by atoms with E-state index in [2.05, 4.69) is 0 Å². The molecule has 3 rings (SSSR count). The molecule has 1 aromatic carbocycles. The van der Waals surface area contributed by atoms with Crippen LogP contribution in [0.2, 0.25) is 0 Å². The molecular weight excluding hydrogens is 348 g/mol. The van der Waals surface area contributed by atoms with Crippen LogP contribution in [0.25, 0.3) is 0 Å². The Morgan fingerprint density at radius 1 is 0.577 bits per heavy atom. The molecule has 3 aromatic rings. The third-order valence-electron chi connectivity index (χ3n) is 3.64. The number of aromatic nitrogens is 6. The zero-order valence-electron chi connectivity index (χ0n) is 13.1. The summed E-state index contributed by atoms with van der Waals surface area (Å²) >= 11 is 0. The van der Waals surface area contributed by atoms with Gasteiger partial charge in [0.25, 0.3) is 0 Å². The molecule has 0 radical (unpaired) electrons. The van der Waals surface area contributed by atoms with Crippen molar-refractivity contribution in [3.8, 4) is 0 Å². The highest BCUT2D eigenvalue weighted by Gasteiger charge is 2.10. The molecule has 0 bridgehead atoms. The second-order valence-corrected chi connectivity index (χ2v) is 5.32. The Morgan fingerprint density at radius 2 is 0.885 bits per heavy atom. The minimum absolute atomic E-state index is 0.197. The molecular formula is C14H12N6O6. The minimum Gasteiger partial charge on any atom is -0.259 e. The highest BCUT2D eigenvalue weighted by molar-refractivity contribution is 5.27. The zero-order valence-corrected chi connectivity index (χ0v) is 13.1. The van der Waals surface area contributed by atoms with Gasteiger partial charge in [0.1, 0.15) is 0 Å². The summed E-state index contributed by atoms with van der Waals surface area (Å²) in [6.07, 6.45) is 0. The standard InChI is InChI=1S/C14H12N6O6/c21-9-15-11(23)19(12(24)16-9)5-7-3-1-2-4-8(7)6-20-13(25)17-10(22)18-14(20)26/h1-4H,5-6H2,(H2,15,16,21,23,24)(H2,17,18,22,25,26). The van der Waals surface area contributed by atoms with E-state index in [0.29, 0.717) is 11.1 Å². The van der Waals surface area contributed by atoms with Gasteiger partial charge < -0.3 is 0 Å². The van der Waals surface area contributed by atoms with Crippen molar-refractivity contribution >= 4 is 0 Å². The molecule has 0 unspecified atom stereocenters. The van der Waals surface area contributed by atoms with Gasteiger partial charge in [0.15, 0.2) is 0 Å². The van der Waals surface area contributed by atoms with Crippen LogP contribution in [0, 0.1) is 0 Å². The first-order valence-electron chi connectivity index (χ1n) is 7.29. The van der Waals surface area contributed by atoms with Crippen molar-refractivity contribution in [2.45, 2.75) is 13.1 Å². The van der Waals surface area contributed by atoms with Crippen molar-refractivity contribution in [1.29, 1.82) is 0 Å². The van der Waals surface area contributed by atoms with Gasteiger partial charge in [-0.1, -0.05) is 24.3 Å². The van der Waals surface area contributed by atoms with Crippen molar-refractivity contribution in [3.63, 3.8) is 0 Å². The van der Waals surface area contributed by atoms with Crippen LogP contribution >= 0.6 is 0 Å². The fourth-order valence-corrected chi connectivity index (χ4v) is 2.40. The number of nitrogens with zero attached hydrogens (tertiary/aromatic N) is 2. The van der Waals surface area contributed by atoms with Crippen LogP contribution in [0.5, 0.6) is 0 Å². The van der Waals surface area contributed by atoms with Crippen molar-refractivity contribution in [3.05, 3.63) is 98.3 Å². The lowest BCUT2D eigenvalue weighted by atomic mass is 10.1. The topological polar surface area (TPSA) is 175 Å². The Morgan fingerprint density at radius 3 is 1.19 bits per heavy atom. The second kappa shape index (κ2) is 6.51. The summed E-state index contributed by atoms with van der Waals surface area (Å²) in [5, 5.41) is 0. The normalized spacial score (nSPS) is 10.8. The van der Waals surface area contributed by atoms with Crippen LogP contribution in [0.3, 0.4) is 0 Å². The fourth-order valence-electron chi connectivity index (χ4n) is 2.40. The largest absolute Gasteiger partial charge is 0.333 e. The van der Waals surface area contributed by atoms with Crippen LogP contribution in [-0.2, 0) is 13.1 Å². The summed E-state index contributed by atoms with van der Waals surface area (Å²) in [7, 11) is 0. The van der Waals surface area contributed by atoms with Crippen molar-refractivity contribution < 1.29 is 0 Å². The summed E-state index contributed by atoms with van der Waals surface area (Å²) in [4.78, 5) is 77.2. The van der Waals surface area contributed by atoms with E-state index in [1.54, 1.807) is 24.3 Å². The zero-order chi connectivity index (χ0) is 18.8. The molecule has 4 N–H and O–H groups in total. The molecule has 0 amide bonds. The van der Waals surface area contributed by atoms with Gasteiger partial charge in [0, 0.05) is 0 Å². The highest BCUT2D eigenvalue weighted by Crippen LogP contribution is 2.09. The maximum absolute atomic E-state index is 11.8. The molecule has 0 aliphatic rings. The lowest BCUT2D eigenvalue weighted by Crippen LogP contribution is -2.44. The maximum atomic E-state index is 11.8. The first-order chi connectivity index (χ1) is 12.3. The summed E-state index contributed by atoms with van der Waals surface area (Å²) in [6, 6.07) is 6.47. The van der Waals surface area contributed by atoms with E-state index in [9.17, 15) is 28.8 Å². The van der Waals surface area contributed by atoms with Gasteiger partial charge in [0.05, 0.1) is 13.1 Å². The van der Waals surface area contributed by atoms with E-state index in [0.717, 1.165) is 9.13 Å². The third kappa shape index (κ3) is 3.28. The fraction of sp³-hybridized carbons (Fsp3) is 0.143. The van der Waals surface area contributed by atoms with Crippen LogP contribution in [0.15, 0.2) is 53.0 Å². The Bertz CT molecular complexity index is 1150. The van der Waals surface area contributed by atoms with Gasteiger partial charge in [-0.2, -0.15) is 0 Å². The van der Waals surface area contributed by atoms with Crippen molar-refractivity contribution in [1.82, 2.24) is 29.1 Å². The van der Waals surface area contributed by atoms with E-state index in [-0.39, 0.29) is 13.1 Å². The highest BCUT2D eigenvalue weighted by atomic mass is 16.2. The lowest BCUT2D eigenvalue weighted by Gasteiger charge is -2.11. The third-order valence-corrected chi connectivity index (χ3v) is 3.64. The second-order valence-electron chi connectivity index (χ2n) is 5.32. The Labute approximate surface area is 141 Å². The SMILES string of the molecule is O=c1[nH]c(=O)n(Cc2ccccc2Cn2c(=O)[nH]c(=O)[nH]c2=O)c(=O)[nH]1. The number of nitrogens with one attached hydrogen (secondary N) is 4. The van der Waals surface area contributed by atoms with Gasteiger partial charge in [-0.25, -0.2) is 37.9 Å². The molecule has 26 heavy (non-hydrogen) atoms. The van der Waals surface area contributed by atoms with E-state index in [1.165, 1.54) is 0 Å². The predicted octanol–water partition coefficient (Wildman–Crippen LogP) is -3.14. The summed E-state index contributed by atoms with van der Waals surface area (Å²) in [6.45, 7) is -0.395. The molecule has 12 nitrogen and oxygen atoms in total. The van der Waals surface area contributed by atoms with Crippen LogP contribution in [-0.4, -0.2) is 29.1 Å². The number of aromatic amines is 4. The van der Waals surface area contributed by atoms with E-state index < -0.39 is 34.1 Å². The number of benzene rings is 1. The van der Waals surface area contributed by atoms with Gasteiger partial charge in [-0.05, 0) is 11.1 Å². The van der Waals surface area contributed by atoms with Gasteiger partial charge in [-0.15, -0.1) is 0 Å². The molecule has 134 valence electrons. The van der Waals surface area contributed by atoms with Crippen LogP contribution < -0.4 is 34.1 Å². The molecule has 0 saturated carbocycles. The number of hydrogen-bond acceptors (Lipinski definition) is 6. The molecule has 2 heterocycles. The average Bonchev–Trinajstić information content (AvgIpc) is 2.55. The van der Waals surface area contributed by atoms with Gasteiger partial charge >= 0.3 is 34.1 Å². The molecule has 2 aromatic heterocycles. The minimum atomic E-state index is -0.920. The van der Waals surface area contributed by atoms with E-state index in [4.69, 9.17) is 0 Å². The summed E-state index contributed by atoms with van der Waals surface area (Å²) in [5.74, 6) is 0. The monoisotopic (exact) mass is 360 g/mol. The Hall–Kier alpha value is -3.96. The number of hydrogen-bond donors (Lipinski definition) is 4. The number of rotatable bonds is 4. The molecule has 0 atom stereocenters. The summed E-state index contributed by atoms with van der Waals surface area (Å²) < 4.78 is 1.53. The first kappa shape index (κ1) is 16.9. The number of H-pyrrole nitrogens is 4.